The van der Waals surface area contributed by atoms with E-state index in [9.17, 15) is 13.2 Å². The fourth-order valence-electron chi connectivity index (χ4n) is 3.43. The number of hydrogen-bond donors (Lipinski definition) is 0. The van der Waals surface area contributed by atoms with Gasteiger partial charge >= 0.3 is 0 Å². The molecular formula is C25H22N4O3S2. The number of sulfonamides is 1. The number of para-hydroxylation sites is 1. The number of nitrogens with zero attached hydrogens (tertiary/aromatic N) is 4. The van der Waals surface area contributed by atoms with Crippen molar-refractivity contribution in [3.63, 3.8) is 0 Å². The van der Waals surface area contributed by atoms with Crippen molar-refractivity contribution in [2.75, 3.05) is 18.5 Å². The van der Waals surface area contributed by atoms with Crippen LogP contribution >= 0.6 is 11.3 Å². The van der Waals surface area contributed by atoms with Crippen LogP contribution in [-0.2, 0) is 21.2 Å². The van der Waals surface area contributed by atoms with Crippen molar-refractivity contribution >= 4 is 48.3 Å². The Kier molecular flexibility index (Phi) is 6.75. The first-order valence-electron chi connectivity index (χ1n) is 10.6. The number of carbonyl (C=O) groups excluding carboxylic acids is 1. The fraction of sp³-hybridized carbons (Fsp3) is 0.160. The van der Waals surface area contributed by atoms with Crippen LogP contribution in [0, 0.1) is 11.3 Å². The summed E-state index contributed by atoms with van der Waals surface area (Å²) in [5.74, 6) is -0.428. The van der Waals surface area contributed by atoms with Gasteiger partial charge in [-0.1, -0.05) is 42.5 Å². The first-order valence-corrected chi connectivity index (χ1v) is 12.8. The lowest BCUT2D eigenvalue weighted by atomic mass is 10.1. The number of nitriles is 1. The molecule has 4 rings (SSSR count). The second-order valence-corrected chi connectivity index (χ2v) is 10.7. The van der Waals surface area contributed by atoms with Gasteiger partial charge in [0.1, 0.15) is 0 Å². The highest BCUT2D eigenvalue weighted by atomic mass is 32.2. The van der Waals surface area contributed by atoms with E-state index in [4.69, 9.17) is 5.26 Å². The molecule has 1 amide bonds. The van der Waals surface area contributed by atoms with E-state index in [0.717, 1.165) is 26.5 Å². The number of rotatable bonds is 7. The molecule has 4 aromatic rings. The molecule has 7 nitrogen and oxygen atoms in total. The van der Waals surface area contributed by atoms with Gasteiger partial charge in [-0.25, -0.2) is 13.4 Å². The topological polar surface area (TPSA) is 94.4 Å². The summed E-state index contributed by atoms with van der Waals surface area (Å²) in [6.45, 7) is 1.67. The third-order valence-corrected chi connectivity index (χ3v) is 8.21. The van der Waals surface area contributed by atoms with E-state index in [0.29, 0.717) is 16.4 Å². The number of aryl methyl sites for hydroxylation is 1. The molecule has 9 heteroatoms. The van der Waals surface area contributed by atoms with Crippen LogP contribution < -0.4 is 4.90 Å². The number of hydrogen-bond acceptors (Lipinski definition) is 6. The molecule has 0 radical (unpaired) electrons. The van der Waals surface area contributed by atoms with Gasteiger partial charge in [-0.2, -0.15) is 9.57 Å². The Hall–Kier alpha value is -3.58. The van der Waals surface area contributed by atoms with Gasteiger partial charge in [-0.3, -0.25) is 9.69 Å². The maximum atomic E-state index is 13.5. The zero-order valence-corrected chi connectivity index (χ0v) is 20.3. The van der Waals surface area contributed by atoms with Crippen LogP contribution in [0.2, 0.25) is 0 Å². The van der Waals surface area contributed by atoms with Crippen LogP contribution in [0.4, 0.5) is 10.8 Å². The number of amides is 1. The van der Waals surface area contributed by atoms with Crippen LogP contribution in [0.15, 0.2) is 77.7 Å². The van der Waals surface area contributed by atoms with Gasteiger partial charge in [-0.15, -0.1) is 0 Å². The van der Waals surface area contributed by atoms with Crippen LogP contribution in [0.5, 0.6) is 0 Å². The van der Waals surface area contributed by atoms with E-state index < -0.39 is 15.9 Å². The zero-order valence-electron chi connectivity index (χ0n) is 18.7. The Labute approximate surface area is 202 Å². The Bertz CT molecular complexity index is 1440. The third kappa shape index (κ3) is 4.70. The largest absolute Gasteiger partial charge is 0.272 e. The summed E-state index contributed by atoms with van der Waals surface area (Å²) in [6.07, 6.45) is 0.862. The number of aromatic nitrogens is 1. The highest BCUT2D eigenvalue weighted by Crippen LogP contribution is 2.34. The molecule has 172 valence electrons. The normalized spacial score (nSPS) is 11.5. The number of likely N-dealkylation sites (N-methyl/N-ethyl adjacent to an activating group) is 1. The molecule has 0 aliphatic carbocycles. The number of carbonyl (C=O) groups is 1. The van der Waals surface area contributed by atoms with Crippen molar-refractivity contribution < 1.29 is 13.2 Å². The predicted molar refractivity (Wildman–Crippen MR) is 134 cm³/mol. The molecule has 0 N–H and O–H groups in total. The molecular weight excluding hydrogens is 468 g/mol. The van der Waals surface area contributed by atoms with Crippen molar-refractivity contribution in [3.05, 3.63) is 83.9 Å². The minimum absolute atomic E-state index is 0.0145. The monoisotopic (exact) mass is 490 g/mol. The van der Waals surface area contributed by atoms with Gasteiger partial charge in [0.25, 0.3) is 0 Å². The molecule has 0 saturated carbocycles. The average Bonchev–Trinajstić information content (AvgIpc) is 3.28. The quantitative estimate of drug-likeness (QED) is 0.374. The SMILES string of the molecule is CCc1ccc(N(C(=O)CN(C)S(=O)(=O)c2ccc(C#N)cc2)c2nc3ccccc3s2)cc1. The zero-order chi connectivity index (χ0) is 24.3. The number of benzene rings is 3. The van der Waals surface area contributed by atoms with Crippen LogP contribution in [0.25, 0.3) is 10.2 Å². The third-order valence-electron chi connectivity index (χ3n) is 5.38. The lowest BCUT2D eigenvalue weighted by molar-refractivity contribution is -0.117. The summed E-state index contributed by atoms with van der Waals surface area (Å²) in [4.78, 5) is 19.6. The molecule has 0 unspecified atom stereocenters. The highest BCUT2D eigenvalue weighted by molar-refractivity contribution is 7.89. The average molecular weight is 491 g/mol. The van der Waals surface area contributed by atoms with E-state index >= 15 is 0 Å². The van der Waals surface area contributed by atoms with Gasteiger partial charge in [0.05, 0.1) is 39.0 Å². The summed E-state index contributed by atoms with van der Waals surface area (Å²) in [6, 6.07) is 22.7. The van der Waals surface area contributed by atoms with Crippen LogP contribution in [-0.4, -0.2) is 37.2 Å². The Morgan fingerprint density at radius 1 is 1.03 bits per heavy atom. The van der Waals surface area contributed by atoms with Crippen molar-refractivity contribution in [1.29, 1.82) is 5.26 Å². The van der Waals surface area contributed by atoms with Gasteiger partial charge in [0.15, 0.2) is 5.13 Å². The minimum atomic E-state index is -3.93. The molecule has 0 fully saturated rings. The predicted octanol–water partition coefficient (Wildman–Crippen LogP) is 4.72. The van der Waals surface area contributed by atoms with E-state index in [1.54, 1.807) is 0 Å². The van der Waals surface area contributed by atoms with E-state index in [-0.39, 0.29) is 11.4 Å². The molecule has 1 heterocycles. The summed E-state index contributed by atoms with van der Waals surface area (Å²) in [5.41, 5.74) is 2.87. The van der Waals surface area contributed by atoms with Crippen molar-refractivity contribution in [1.82, 2.24) is 9.29 Å². The van der Waals surface area contributed by atoms with Gasteiger partial charge in [0.2, 0.25) is 15.9 Å². The summed E-state index contributed by atoms with van der Waals surface area (Å²) in [7, 11) is -2.57. The Balaban J connectivity index is 1.67. The Morgan fingerprint density at radius 3 is 2.32 bits per heavy atom. The molecule has 0 aliphatic heterocycles. The Morgan fingerprint density at radius 2 is 1.71 bits per heavy atom. The van der Waals surface area contributed by atoms with Crippen LogP contribution in [0.3, 0.4) is 0 Å². The highest BCUT2D eigenvalue weighted by Gasteiger charge is 2.28. The van der Waals surface area contributed by atoms with E-state index in [1.807, 2.05) is 54.6 Å². The lowest BCUT2D eigenvalue weighted by Gasteiger charge is -2.23. The molecule has 3 aromatic carbocycles. The second-order valence-electron chi connectivity index (χ2n) is 7.61. The molecule has 0 bridgehead atoms. The van der Waals surface area contributed by atoms with Crippen LogP contribution in [0.1, 0.15) is 18.1 Å². The first-order chi connectivity index (χ1) is 16.3. The van der Waals surface area contributed by atoms with Gasteiger partial charge in [-0.05, 0) is 60.5 Å². The molecule has 0 aliphatic rings. The van der Waals surface area contributed by atoms with E-state index in [1.165, 1.54) is 47.5 Å². The number of anilines is 2. The maximum absolute atomic E-state index is 13.5. The molecule has 1 aromatic heterocycles. The van der Waals surface area contributed by atoms with Crippen molar-refractivity contribution in [2.24, 2.45) is 0 Å². The summed E-state index contributed by atoms with van der Waals surface area (Å²) in [5, 5.41) is 9.43. The minimum Gasteiger partial charge on any atom is -0.272 e. The lowest BCUT2D eigenvalue weighted by Crippen LogP contribution is -2.39. The summed E-state index contributed by atoms with van der Waals surface area (Å²) >= 11 is 1.37. The molecule has 34 heavy (non-hydrogen) atoms. The first kappa shape index (κ1) is 23.6. The fourth-order valence-corrected chi connectivity index (χ4v) is 5.55. The standard InChI is InChI=1S/C25H22N4O3S2/c1-3-18-8-12-20(13-9-18)29(25-27-22-6-4-5-7-23(22)33-25)24(30)17-28(2)34(31,32)21-14-10-19(16-26)11-15-21/h4-15H,3,17H2,1-2H3. The molecule has 0 atom stereocenters. The number of thiazole rings is 1. The number of fused-ring (bicyclic) bond motifs is 1. The van der Waals surface area contributed by atoms with Crippen molar-refractivity contribution in [3.8, 4) is 6.07 Å². The smallest absolute Gasteiger partial charge is 0.248 e. The molecule has 0 saturated heterocycles. The second kappa shape index (κ2) is 9.73. The van der Waals surface area contributed by atoms with Gasteiger partial charge < -0.3 is 0 Å². The molecule has 0 spiro atoms. The summed E-state index contributed by atoms with van der Waals surface area (Å²) < 4.78 is 28.0. The van der Waals surface area contributed by atoms with Crippen molar-refractivity contribution in [2.45, 2.75) is 18.2 Å². The van der Waals surface area contributed by atoms with E-state index in [2.05, 4.69) is 11.9 Å². The maximum Gasteiger partial charge on any atom is 0.248 e. The van der Waals surface area contributed by atoms with Gasteiger partial charge in [0, 0.05) is 7.05 Å².